The normalized spacial score (nSPS) is 11.6. The van der Waals surface area contributed by atoms with Gasteiger partial charge in [0.2, 0.25) is 10.0 Å². The molecule has 0 aliphatic rings. The van der Waals surface area contributed by atoms with E-state index in [9.17, 15) is 18.0 Å². The Morgan fingerprint density at radius 3 is 2.57 bits per heavy atom. The fraction of sp³-hybridized carbons (Fsp3) is 0.278. The van der Waals surface area contributed by atoms with Crippen molar-refractivity contribution in [2.24, 2.45) is 5.14 Å². The third-order valence-corrected chi connectivity index (χ3v) is 4.29. The van der Waals surface area contributed by atoms with Crippen LogP contribution in [0.25, 0.3) is 0 Å². The van der Waals surface area contributed by atoms with Crippen molar-refractivity contribution in [3.63, 3.8) is 0 Å². The number of hydrogen-bond donors (Lipinski definition) is 3. The highest BCUT2D eigenvalue weighted by molar-refractivity contribution is 7.89. The number of nitrogens with one attached hydrogen (secondary N) is 2. The molecule has 0 aliphatic heterocycles. The molecule has 9 nitrogen and oxygen atoms in total. The van der Waals surface area contributed by atoms with Gasteiger partial charge in [-0.1, -0.05) is 12.1 Å². The predicted octanol–water partition coefficient (Wildman–Crippen LogP) is 2.01. The summed E-state index contributed by atoms with van der Waals surface area (Å²) in [7, 11) is -3.84. The summed E-state index contributed by atoms with van der Waals surface area (Å²) in [5, 5.41) is 10.3. The van der Waals surface area contributed by atoms with Gasteiger partial charge < -0.3 is 10.1 Å². The molecule has 0 unspecified atom stereocenters. The van der Waals surface area contributed by atoms with E-state index < -0.39 is 27.6 Å². The molecule has 0 atom stereocenters. The molecule has 0 saturated carbocycles. The molecular weight excluding hydrogens is 384 g/mol. The monoisotopic (exact) mass is 406 g/mol. The third kappa shape index (κ3) is 6.32. The Bertz CT molecular complexity index is 983. The van der Waals surface area contributed by atoms with Crippen LogP contribution in [0.4, 0.5) is 10.5 Å². The standard InChI is InChI=1S/C18H22N4O5S/c1-18(2,3)27-17(24)22-15-7-8-20-11-14(15)16(23)21-10-12-5-4-6-13(9-12)28(19,25)26/h4-9,11H,10H2,1-3H3,(H,21,23)(H2,19,25,26)(H,20,22,24). The van der Waals surface area contributed by atoms with Gasteiger partial charge >= 0.3 is 6.09 Å². The van der Waals surface area contributed by atoms with E-state index in [1.807, 2.05) is 0 Å². The maximum Gasteiger partial charge on any atom is 0.412 e. The summed E-state index contributed by atoms with van der Waals surface area (Å²) < 4.78 is 28.0. The number of hydrogen-bond acceptors (Lipinski definition) is 6. The lowest BCUT2D eigenvalue weighted by Crippen LogP contribution is -2.29. The average molecular weight is 406 g/mol. The number of primary sulfonamides is 1. The van der Waals surface area contributed by atoms with E-state index in [2.05, 4.69) is 15.6 Å². The van der Waals surface area contributed by atoms with Crippen molar-refractivity contribution in [2.45, 2.75) is 37.8 Å². The third-order valence-electron chi connectivity index (χ3n) is 3.38. The summed E-state index contributed by atoms with van der Waals surface area (Å²) in [6.45, 7) is 5.23. The number of rotatable bonds is 5. The van der Waals surface area contributed by atoms with Gasteiger partial charge in [0.15, 0.2) is 0 Å². The van der Waals surface area contributed by atoms with Crippen LogP contribution in [0.15, 0.2) is 47.6 Å². The van der Waals surface area contributed by atoms with Crippen molar-refractivity contribution >= 4 is 27.7 Å². The highest BCUT2D eigenvalue weighted by Gasteiger charge is 2.19. The summed E-state index contributed by atoms with van der Waals surface area (Å²) in [5.74, 6) is -0.500. The lowest BCUT2D eigenvalue weighted by Gasteiger charge is -2.20. The molecule has 0 aliphatic carbocycles. The number of ether oxygens (including phenoxy) is 1. The van der Waals surface area contributed by atoms with Crippen LogP contribution in [0, 0.1) is 0 Å². The zero-order valence-electron chi connectivity index (χ0n) is 15.7. The number of nitrogens with two attached hydrogens (primary N) is 1. The van der Waals surface area contributed by atoms with Gasteiger partial charge in [0.25, 0.3) is 5.91 Å². The minimum Gasteiger partial charge on any atom is -0.444 e. The SMILES string of the molecule is CC(C)(C)OC(=O)Nc1ccncc1C(=O)NCc1cccc(S(N)(=O)=O)c1. The first-order valence-electron chi connectivity index (χ1n) is 8.30. The highest BCUT2D eigenvalue weighted by Crippen LogP contribution is 2.16. The summed E-state index contributed by atoms with van der Waals surface area (Å²) in [6, 6.07) is 7.39. The second-order valence-electron chi connectivity index (χ2n) is 6.92. The molecule has 0 radical (unpaired) electrons. The van der Waals surface area contributed by atoms with Gasteiger partial charge in [-0.3, -0.25) is 15.1 Å². The fourth-order valence-electron chi connectivity index (χ4n) is 2.21. The van der Waals surface area contributed by atoms with Gasteiger partial charge in [0.1, 0.15) is 5.60 Å². The van der Waals surface area contributed by atoms with E-state index in [1.54, 1.807) is 26.8 Å². The average Bonchev–Trinajstić information content (AvgIpc) is 2.58. The van der Waals surface area contributed by atoms with Gasteiger partial charge in [0.05, 0.1) is 16.1 Å². The highest BCUT2D eigenvalue weighted by atomic mass is 32.2. The summed E-state index contributed by atoms with van der Waals surface area (Å²) in [4.78, 5) is 28.3. The van der Waals surface area contributed by atoms with Crippen molar-refractivity contribution in [1.82, 2.24) is 10.3 Å². The molecule has 0 fully saturated rings. The topological polar surface area (TPSA) is 140 Å². The molecular formula is C18H22N4O5S. The molecule has 4 N–H and O–H groups in total. The zero-order chi connectivity index (χ0) is 20.9. The van der Waals surface area contributed by atoms with Crippen LogP contribution in [0.3, 0.4) is 0 Å². The number of aromatic nitrogens is 1. The fourth-order valence-corrected chi connectivity index (χ4v) is 2.79. The van der Waals surface area contributed by atoms with Gasteiger partial charge in [-0.15, -0.1) is 0 Å². The van der Waals surface area contributed by atoms with Crippen molar-refractivity contribution in [1.29, 1.82) is 0 Å². The van der Waals surface area contributed by atoms with Crippen LogP contribution in [0.2, 0.25) is 0 Å². The first kappa shape index (κ1) is 21.3. The van der Waals surface area contributed by atoms with Crippen molar-refractivity contribution in [2.75, 3.05) is 5.32 Å². The Hall–Kier alpha value is -2.98. The van der Waals surface area contributed by atoms with Gasteiger partial charge in [0, 0.05) is 18.9 Å². The number of nitrogens with zero attached hydrogens (tertiary/aromatic N) is 1. The van der Waals surface area contributed by atoms with Crippen LogP contribution in [0.1, 0.15) is 36.7 Å². The second kappa shape index (κ2) is 8.36. The quantitative estimate of drug-likeness (QED) is 0.694. The van der Waals surface area contributed by atoms with Crippen LogP contribution in [-0.2, 0) is 21.3 Å². The summed E-state index contributed by atoms with van der Waals surface area (Å²) in [6.07, 6.45) is 2.04. The number of carbonyl (C=O) groups is 2. The minimum atomic E-state index is -3.84. The Kier molecular flexibility index (Phi) is 6.37. The lowest BCUT2D eigenvalue weighted by molar-refractivity contribution is 0.0636. The Morgan fingerprint density at radius 1 is 1.21 bits per heavy atom. The molecule has 2 aromatic rings. The number of pyridine rings is 1. The molecule has 2 rings (SSSR count). The maximum atomic E-state index is 12.5. The Labute approximate surface area is 163 Å². The molecule has 0 spiro atoms. The summed E-state index contributed by atoms with van der Waals surface area (Å²) >= 11 is 0. The largest absolute Gasteiger partial charge is 0.444 e. The molecule has 150 valence electrons. The number of carbonyl (C=O) groups excluding carboxylic acids is 2. The van der Waals surface area contributed by atoms with Crippen molar-refractivity contribution in [3.8, 4) is 0 Å². The summed E-state index contributed by atoms with van der Waals surface area (Å²) in [5.41, 5.74) is 0.231. The van der Waals surface area contributed by atoms with Crippen molar-refractivity contribution < 1.29 is 22.7 Å². The van der Waals surface area contributed by atoms with E-state index in [0.717, 1.165) is 0 Å². The molecule has 2 amide bonds. The van der Waals surface area contributed by atoms with Gasteiger partial charge in [-0.25, -0.2) is 18.4 Å². The Balaban J connectivity index is 2.10. The molecule has 1 aromatic heterocycles. The van der Waals surface area contributed by atoms with E-state index in [0.29, 0.717) is 5.56 Å². The van der Waals surface area contributed by atoms with Crippen LogP contribution >= 0.6 is 0 Å². The van der Waals surface area contributed by atoms with Crippen LogP contribution in [-0.4, -0.2) is 31.0 Å². The molecule has 1 heterocycles. The number of benzene rings is 1. The number of sulfonamides is 1. The van der Waals surface area contributed by atoms with E-state index in [4.69, 9.17) is 9.88 Å². The predicted molar refractivity (Wildman–Crippen MR) is 103 cm³/mol. The van der Waals surface area contributed by atoms with E-state index in [1.165, 1.54) is 36.7 Å². The smallest absolute Gasteiger partial charge is 0.412 e. The zero-order valence-corrected chi connectivity index (χ0v) is 16.5. The maximum absolute atomic E-state index is 12.5. The molecule has 10 heteroatoms. The minimum absolute atomic E-state index is 0.0482. The van der Waals surface area contributed by atoms with Gasteiger partial charge in [-0.2, -0.15) is 0 Å². The van der Waals surface area contributed by atoms with E-state index >= 15 is 0 Å². The molecule has 0 bridgehead atoms. The van der Waals surface area contributed by atoms with Crippen LogP contribution < -0.4 is 15.8 Å². The van der Waals surface area contributed by atoms with E-state index in [-0.39, 0.29) is 22.7 Å². The van der Waals surface area contributed by atoms with Gasteiger partial charge in [-0.05, 0) is 44.5 Å². The molecule has 28 heavy (non-hydrogen) atoms. The Morgan fingerprint density at radius 2 is 1.93 bits per heavy atom. The molecule has 1 aromatic carbocycles. The number of amides is 2. The second-order valence-corrected chi connectivity index (χ2v) is 8.48. The molecule has 0 saturated heterocycles. The first-order valence-corrected chi connectivity index (χ1v) is 9.84. The number of anilines is 1. The van der Waals surface area contributed by atoms with Crippen molar-refractivity contribution in [3.05, 3.63) is 53.9 Å². The van der Waals surface area contributed by atoms with Crippen LogP contribution in [0.5, 0.6) is 0 Å². The first-order chi connectivity index (χ1) is 13.0. The lowest BCUT2D eigenvalue weighted by atomic mass is 10.2.